The number of aromatic nitrogens is 1. The van der Waals surface area contributed by atoms with Crippen LogP contribution in [0.4, 0.5) is 5.13 Å². The molecule has 0 spiro atoms. The highest BCUT2D eigenvalue weighted by atomic mass is 32.1. The Balaban J connectivity index is 1.52. The van der Waals surface area contributed by atoms with E-state index in [-0.39, 0.29) is 5.91 Å². The molecule has 1 unspecified atom stereocenters. The van der Waals surface area contributed by atoms with E-state index in [1.807, 2.05) is 30.5 Å². The van der Waals surface area contributed by atoms with Crippen LogP contribution in [0.25, 0.3) is 0 Å². The molecule has 6 heteroatoms. The average molecular weight is 359 g/mol. The van der Waals surface area contributed by atoms with Crippen LogP contribution in [0.3, 0.4) is 0 Å². The topological polar surface area (TPSA) is 54.5 Å². The van der Waals surface area contributed by atoms with Crippen LogP contribution < -0.4 is 10.1 Å². The summed E-state index contributed by atoms with van der Waals surface area (Å²) < 4.78 is 5.13. The van der Waals surface area contributed by atoms with Crippen LogP contribution in [0.1, 0.15) is 36.6 Å². The molecule has 0 bridgehead atoms. The van der Waals surface area contributed by atoms with Crippen molar-refractivity contribution in [3.05, 3.63) is 40.9 Å². The summed E-state index contributed by atoms with van der Waals surface area (Å²) in [4.78, 5) is 20.3. The summed E-state index contributed by atoms with van der Waals surface area (Å²) in [5, 5.41) is 3.59. The van der Waals surface area contributed by atoms with Gasteiger partial charge in [0.05, 0.1) is 13.5 Å². The largest absolute Gasteiger partial charge is 0.497 e. The summed E-state index contributed by atoms with van der Waals surface area (Å²) in [5.74, 6) is 0.748. The molecule has 1 N–H and O–H groups in total. The monoisotopic (exact) mass is 359 g/mol. The van der Waals surface area contributed by atoms with E-state index in [1.165, 1.54) is 24.1 Å². The van der Waals surface area contributed by atoms with Crippen LogP contribution in [0.2, 0.25) is 0 Å². The molecule has 1 fully saturated rings. The third kappa shape index (κ3) is 5.03. The summed E-state index contributed by atoms with van der Waals surface area (Å²) in [6.07, 6.45) is 6.09. The molecule has 0 aliphatic carbocycles. The Morgan fingerprint density at radius 1 is 1.36 bits per heavy atom. The number of carbonyl (C=O) groups excluding carboxylic acids is 1. The highest BCUT2D eigenvalue weighted by Crippen LogP contribution is 2.24. The molecule has 134 valence electrons. The molecule has 0 saturated carbocycles. The molecule has 1 atom stereocenters. The Labute approximate surface area is 153 Å². The van der Waals surface area contributed by atoms with E-state index in [4.69, 9.17) is 4.74 Å². The molecular weight excluding hydrogens is 334 g/mol. The van der Waals surface area contributed by atoms with Crippen molar-refractivity contribution in [3.63, 3.8) is 0 Å². The van der Waals surface area contributed by atoms with Crippen molar-refractivity contribution in [2.45, 2.75) is 45.2 Å². The molecular formula is C19H25N3O2S. The number of ether oxygens (including phenoxy) is 1. The Hall–Kier alpha value is -1.92. The zero-order valence-corrected chi connectivity index (χ0v) is 15.6. The van der Waals surface area contributed by atoms with Crippen LogP contribution in [-0.4, -0.2) is 35.5 Å². The maximum atomic E-state index is 12.2. The Bertz CT molecular complexity index is 699. The van der Waals surface area contributed by atoms with Gasteiger partial charge in [0, 0.05) is 23.7 Å². The van der Waals surface area contributed by atoms with Crippen molar-refractivity contribution in [2.24, 2.45) is 0 Å². The zero-order chi connectivity index (χ0) is 17.6. The van der Waals surface area contributed by atoms with Gasteiger partial charge < -0.3 is 10.1 Å². The van der Waals surface area contributed by atoms with Gasteiger partial charge in [-0.1, -0.05) is 18.6 Å². The summed E-state index contributed by atoms with van der Waals surface area (Å²) >= 11 is 1.57. The van der Waals surface area contributed by atoms with E-state index < -0.39 is 0 Å². The van der Waals surface area contributed by atoms with Gasteiger partial charge in [0.15, 0.2) is 5.13 Å². The van der Waals surface area contributed by atoms with Crippen LogP contribution in [-0.2, 0) is 17.8 Å². The lowest BCUT2D eigenvalue weighted by Crippen LogP contribution is -2.36. The first-order chi connectivity index (χ1) is 12.1. The van der Waals surface area contributed by atoms with Gasteiger partial charge in [-0.15, -0.1) is 11.3 Å². The predicted molar refractivity (Wildman–Crippen MR) is 101 cm³/mol. The number of hydrogen-bond donors (Lipinski definition) is 1. The molecule has 5 nitrogen and oxygen atoms in total. The van der Waals surface area contributed by atoms with Gasteiger partial charge in [0.2, 0.25) is 5.91 Å². The fraction of sp³-hybridized carbons (Fsp3) is 0.474. The zero-order valence-electron chi connectivity index (χ0n) is 14.8. The predicted octanol–water partition coefficient (Wildman–Crippen LogP) is 3.71. The minimum atomic E-state index is -0.0441. The van der Waals surface area contributed by atoms with Gasteiger partial charge in [-0.25, -0.2) is 4.98 Å². The highest BCUT2D eigenvalue weighted by Gasteiger charge is 2.19. The number of hydrogen-bond acceptors (Lipinski definition) is 5. The van der Waals surface area contributed by atoms with Gasteiger partial charge in [0.1, 0.15) is 5.75 Å². The molecule has 1 aromatic carbocycles. The Morgan fingerprint density at radius 2 is 2.16 bits per heavy atom. The average Bonchev–Trinajstić information content (AvgIpc) is 3.04. The van der Waals surface area contributed by atoms with Crippen molar-refractivity contribution in [1.29, 1.82) is 0 Å². The third-order valence-corrected chi connectivity index (χ3v) is 5.52. The fourth-order valence-electron chi connectivity index (χ4n) is 3.12. The lowest BCUT2D eigenvalue weighted by atomic mass is 10.0. The van der Waals surface area contributed by atoms with E-state index in [0.29, 0.717) is 17.6 Å². The number of rotatable bonds is 6. The van der Waals surface area contributed by atoms with Crippen molar-refractivity contribution in [2.75, 3.05) is 19.0 Å². The number of amides is 1. The Kier molecular flexibility index (Phi) is 6.04. The summed E-state index contributed by atoms with van der Waals surface area (Å²) in [5.41, 5.74) is 0.956. The number of piperidine rings is 1. The number of thiazole rings is 1. The third-order valence-electron chi connectivity index (χ3n) is 4.62. The second kappa shape index (κ2) is 8.45. The quantitative estimate of drug-likeness (QED) is 0.854. The molecule has 1 saturated heterocycles. The van der Waals surface area contributed by atoms with Crippen molar-refractivity contribution in [3.8, 4) is 5.75 Å². The first-order valence-corrected chi connectivity index (χ1v) is 9.57. The van der Waals surface area contributed by atoms with Gasteiger partial charge in [0.25, 0.3) is 0 Å². The smallest absolute Gasteiger partial charge is 0.230 e. The number of likely N-dealkylation sites (tertiary alicyclic amines) is 1. The van der Waals surface area contributed by atoms with Gasteiger partial charge in [-0.3, -0.25) is 9.69 Å². The minimum absolute atomic E-state index is 0.0441. The molecule has 1 aliphatic rings. The molecule has 1 amide bonds. The van der Waals surface area contributed by atoms with E-state index in [1.54, 1.807) is 18.4 Å². The minimum Gasteiger partial charge on any atom is -0.497 e. The normalized spacial score (nSPS) is 18.1. The van der Waals surface area contributed by atoms with Crippen molar-refractivity contribution >= 4 is 22.4 Å². The van der Waals surface area contributed by atoms with Crippen LogP contribution in [0, 0.1) is 0 Å². The lowest BCUT2D eigenvalue weighted by Gasteiger charge is -2.32. The van der Waals surface area contributed by atoms with E-state index >= 15 is 0 Å². The second-order valence-corrected chi connectivity index (χ2v) is 7.64. The fourth-order valence-corrected chi connectivity index (χ4v) is 3.98. The van der Waals surface area contributed by atoms with E-state index in [0.717, 1.165) is 24.4 Å². The molecule has 0 radical (unpaired) electrons. The summed E-state index contributed by atoms with van der Waals surface area (Å²) in [7, 11) is 1.63. The van der Waals surface area contributed by atoms with Gasteiger partial charge >= 0.3 is 0 Å². The first kappa shape index (κ1) is 17.9. The molecule has 2 heterocycles. The van der Waals surface area contributed by atoms with Gasteiger partial charge in [-0.05, 0) is 44.0 Å². The SMILES string of the molecule is COc1ccc(CC(=O)Nc2ncc(CN3CCCCC3C)s2)cc1. The van der Waals surface area contributed by atoms with Crippen LogP contribution in [0.5, 0.6) is 5.75 Å². The van der Waals surface area contributed by atoms with Crippen molar-refractivity contribution < 1.29 is 9.53 Å². The maximum Gasteiger partial charge on any atom is 0.230 e. The van der Waals surface area contributed by atoms with Crippen LogP contribution in [0.15, 0.2) is 30.5 Å². The molecule has 3 rings (SSSR count). The maximum absolute atomic E-state index is 12.2. The highest BCUT2D eigenvalue weighted by molar-refractivity contribution is 7.15. The number of nitrogens with one attached hydrogen (secondary N) is 1. The first-order valence-electron chi connectivity index (χ1n) is 8.75. The summed E-state index contributed by atoms with van der Waals surface area (Å²) in [6, 6.07) is 8.17. The standard InChI is InChI=1S/C19H25N3O2S/c1-14-5-3-4-10-22(14)13-17-12-20-19(25-17)21-18(23)11-15-6-8-16(24-2)9-7-15/h6-9,12,14H,3-5,10-11,13H2,1-2H3,(H,20,21,23). The molecule has 25 heavy (non-hydrogen) atoms. The molecule has 1 aliphatic heterocycles. The number of benzene rings is 1. The lowest BCUT2D eigenvalue weighted by molar-refractivity contribution is -0.115. The number of methoxy groups -OCH3 is 1. The van der Waals surface area contributed by atoms with E-state index in [9.17, 15) is 4.79 Å². The molecule has 1 aromatic heterocycles. The number of anilines is 1. The van der Waals surface area contributed by atoms with Crippen molar-refractivity contribution in [1.82, 2.24) is 9.88 Å². The number of nitrogens with zero attached hydrogens (tertiary/aromatic N) is 2. The Morgan fingerprint density at radius 3 is 2.88 bits per heavy atom. The van der Waals surface area contributed by atoms with Gasteiger partial charge in [-0.2, -0.15) is 0 Å². The summed E-state index contributed by atoms with van der Waals surface area (Å²) in [6.45, 7) is 4.36. The molecule has 2 aromatic rings. The van der Waals surface area contributed by atoms with Crippen LogP contribution >= 0.6 is 11.3 Å². The second-order valence-electron chi connectivity index (χ2n) is 6.52. The number of carbonyl (C=O) groups is 1. The van der Waals surface area contributed by atoms with E-state index in [2.05, 4.69) is 22.1 Å².